The highest BCUT2D eigenvalue weighted by atomic mass is 16.5. The summed E-state index contributed by atoms with van der Waals surface area (Å²) in [6.45, 7) is 1.13. The van der Waals surface area contributed by atoms with Crippen molar-refractivity contribution >= 4 is 5.52 Å². The minimum atomic E-state index is 0.405. The summed E-state index contributed by atoms with van der Waals surface area (Å²) < 4.78 is 13.1. The van der Waals surface area contributed by atoms with Gasteiger partial charge in [0.2, 0.25) is 0 Å². The third-order valence-electron chi connectivity index (χ3n) is 3.45. The van der Waals surface area contributed by atoms with Gasteiger partial charge in [0, 0.05) is 18.8 Å². The molecule has 0 aliphatic rings. The van der Waals surface area contributed by atoms with E-state index >= 15 is 0 Å². The number of pyridine rings is 1. The number of rotatable bonds is 6. The third-order valence-corrected chi connectivity index (χ3v) is 3.45. The standard InChI is InChI=1S/C17H19N3O2/c1-18-11-15-16-8-3-4-9-20(16)17(19-15)12-22-14-7-5-6-13(10-14)21-2/h3-10,18H,11-12H2,1-2H3. The van der Waals surface area contributed by atoms with Crippen LogP contribution in [0.3, 0.4) is 0 Å². The molecule has 0 fully saturated rings. The Labute approximate surface area is 129 Å². The summed E-state index contributed by atoms with van der Waals surface area (Å²) in [5.41, 5.74) is 2.12. The van der Waals surface area contributed by atoms with Crippen LogP contribution in [0.2, 0.25) is 0 Å². The first-order valence-corrected chi connectivity index (χ1v) is 7.18. The van der Waals surface area contributed by atoms with Crippen molar-refractivity contribution < 1.29 is 9.47 Å². The molecule has 0 amide bonds. The van der Waals surface area contributed by atoms with Gasteiger partial charge in [-0.2, -0.15) is 0 Å². The van der Waals surface area contributed by atoms with E-state index in [-0.39, 0.29) is 0 Å². The van der Waals surface area contributed by atoms with Gasteiger partial charge in [0.05, 0.1) is 18.3 Å². The Kier molecular flexibility index (Phi) is 4.25. The zero-order chi connectivity index (χ0) is 15.4. The summed E-state index contributed by atoms with van der Waals surface area (Å²) in [6.07, 6.45) is 2.01. The summed E-state index contributed by atoms with van der Waals surface area (Å²) >= 11 is 0. The van der Waals surface area contributed by atoms with E-state index < -0.39 is 0 Å². The first-order chi connectivity index (χ1) is 10.8. The van der Waals surface area contributed by atoms with Crippen molar-refractivity contribution in [3.8, 4) is 11.5 Å². The molecule has 1 N–H and O–H groups in total. The van der Waals surface area contributed by atoms with Gasteiger partial charge in [-0.25, -0.2) is 4.98 Å². The van der Waals surface area contributed by atoms with Crippen LogP contribution < -0.4 is 14.8 Å². The van der Waals surface area contributed by atoms with E-state index in [1.165, 1.54) is 0 Å². The highest BCUT2D eigenvalue weighted by Gasteiger charge is 2.10. The molecule has 2 aromatic heterocycles. The number of imidazole rings is 1. The van der Waals surface area contributed by atoms with Crippen molar-refractivity contribution in [2.24, 2.45) is 0 Å². The molecule has 0 atom stereocenters. The van der Waals surface area contributed by atoms with Crippen molar-refractivity contribution in [1.82, 2.24) is 14.7 Å². The van der Waals surface area contributed by atoms with Gasteiger partial charge in [0.1, 0.15) is 18.1 Å². The smallest absolute Gasteiger partial charge is 0.151 e. The summed E-state index contributed by atoms with van der Waals surface area (Å²) in [5.74, 6) is 2.42. The average Bonchev–Trinajstić information content (AvgIpc) is 2.92. The number of nitrogens with zero attached hydrogens (tertiary/aromatic N) is 2. The molecule has 0 saturated carbocycles. The van der Waals surface area contributed by atoms with Crippen LogP contribution in [0.5, 0.6) is 11.5 Å². The molecule has 1 aromatic carbocycles. The molecule has 0 aliphatic carbocycles. The Morgan fingerprint density at radius 1 is 1.14 bits per heavy atom. The number of hydrogen-bond donors (Lipinski definition) is 1. The third kappa shape index (κ3) is 2.89. The Balaban J connectivity index is 1.84. The molecular formula is C17H19N3O2. The lowest BCUT2D eigenvalue weighted by Gasteiger charge is -2.07. The van der Waals surface area contributed by atoms with Crippen molar-refractivity contribution in [3.63, 3.8) is 0 Å². The number of ether oxygens (including phenoxy) is 2. The maximum absolute atomic E-state index is 5.85. The van der Waals surface area contributed by atoms with E-state index in [4.69, 9.17) is 9.47 Å². The number of aromatic nitrogens is 2. The molecule has 0 unspecified atom stereocenters. The molecule has 0 aliphatic heterocycles. The summed E-state index contributed by atoms with van der Waals surface area (Å²) in [5, 5.41) is 3.15. The van der Waals surface area contributed by atoms with Crippen LogP contribution in [0, 0.1) is 0 Å². The predicted molar refractivity (Wildman–Crippen MR) is 85.3 cm³/mol. The van der Waals surface area contributed by atoms with Crippen molar-refractivity contribution in [3.05, 3.63) is 60.2 Å². The second kappa shape index (κ2) is 6.49. The van der Waals surface area contributed by atoms with Crippen molar-refractivity contribution in [1.29, 1.82) is 0 Å². The Morgan fingerprint density at radius 3 is 2.82 bits per heavy atom. The van der Waals surface area contributed by atoms with Gasteiger partial charge in [-0.3, -0.25) is 0 Å². The molecule has 5 heteroatoms. The van der Waals surface area contributed by atoms with E-state index in [0.717, 1.165) is 35.1 Å². The maximum atomic E-state index is 5.85. The van der Waals surface area contributed by atoms with Gasteiger partial charge in [0.15, 0.2) is 5.82 Å². The van der Waals surface area contributed by atoms with Crippen molar-refractivity contribution in [2.75, 3.05) is 14.2 Å². The van der Waals surface area contributed by atoms with E-state index in [9.17, 15) is 0 Å². The van der Waals surface area contributed by atoms with Gasteiger partial charge in [-0.05, 0) is 31.3 Å². The fraction of sp³-hybridized carbons (Fsp3) is 0.235. The second-order valence-corrected chi connectivity index (χ2v) is 4.93. The number of methoxy groups -OCH3 is 1. The van der Waals surface area contributed by atoms with Gasteiger partial charge >= 0.3 is 0 Å². The van der Waals surface area contributed by atoms with Crippen LogP contribution in [0.15, 0.2) is 48.7 Å². The topological polar surface area (TPSA) is 47.8 Å². The van der Waals surface area contributed by atoms with Crippen LogP contribution in [0.25, 0.3) is 5.52 Å². The molecule has 5 nitrogen and oxygen atoms in total. The lowest BCUT2D eigenvalue weighted by atomic mass is 10.3. The van der Waals surface area contributed by atoms with Gasteiger partial charge in [-0.1, -0.05) is 12.1 Å². The molecule has 3 aromatic rings. The van der Waals surface area contributed by atoms with Crippen LogP contribution >= 0.6 is 0 Å². The van der Waals surface area contributed by atoms with Crippen molar-refractivity contribution in [2.45, 2.75) is 13.2 Å². The monoisotopic (exact) mass is 297 g/mol. The summed E-state index contributed by atoms with van der Waals surface area (Å²) in [4.78, 5) is 4.68. The Bertz CT molecular complexity index is 767. The highest BCUT2D eigenvalue weighted by molar-refractivity contribution is 5.53. The first kappa shape index (κ1) is 14.4. The molecule has 0 radical (unpaired) electrons. The van der Waals surface area contributed by atoms with Crippen LogP contribution in [0.1, 0.15) is 11.5 Å². The van der Waals surface area contributed by atoms with E-state index in [0.29, 0.717) is 6.61 Å². The zero-order valence-corrected chi connectivity index (χ0v) is 12.7. The fourth-order valence-electron chi connectivity index (χ4n) is 2.41. The van der Waals surface area contributed by atoms with Gasteiger partial charge in [0.25, 0.3) is 0 Å². The quantitative estimate of drug-likeness (QED) is 0.760. The first-order valence-electron chi connectivity index (χ1n) is 7.18. The largest absolute Gasteiger partial charge is 0.497 e. The highest BCUT2D eigenvalue weighted by Crippen LogP contribution is 2.20. The van der Waals surface area contributed by atoms with Gasteiger partial charge < -0.3 is 19.2 Å². The minimum absolute atomic E-state index is 0.405. The van der Waals surface area contributed by atoms with Crippen LogP contribution in [-0.4, -0.2) is 23.5 Å². The molecular weight excluding hydrogens is 278 g/mol. The average molecular weight is 297 g/mol. The molecule has 0 bridgehead atoms. The normalized spacial score (nSPS) is 10.8. The molecule has 0 spiro atoms. The number of benzene rings is 1. The van der Waals surface area contributed by atoms with Gasteiger partial charge in [-0.15, -0.1) is 0 Å². The molecule has 114 valence electrons. The number of hydrogen-bond acceptors (Lipinski definition) is 4. The van der Waals surface area contributed by atoms with E-state index in [2.05, 4.69) is 20.8 Å². The molecule has 22 heavy (non-hydrogen) atoms. The van der Waals surface area contributed by atoms with Crippen LogP contribution in [0.4, 0.5) is 0 Å². The lowest BCUT2D eigenvalue weighted by molar-refractivity contribution is 0.293. The molecule has 2 heterocycles. The minimum Gasteiger partial charge on any atom is -0.497 e. The lowest BCUT2D eigenvalue weighted by Crippen LogP contribution is -2.06. The molecule has 3 rings (SSSR count). The maximum Gasteiger partial charge on any atom is 0.151 e. The fourth-order valence-corrected chi connectivity index (χ4v) is 2.41. The summed E-state index contributed by atoms with van der Waals surface area (Å²) in [6, 6.07) is 13.6. The predicted octanol–water partition coefficient (Wildman–Crippen LogP) is 2.64. The van der Waals surface area contributed by atoms with E-state index in [1.807, 2.05) is 49.6 Å². The number of nitrogens with one attached hydrogen (secondary N) is 1. The summed E-state index contributed by atoms with van der Waals surface area (Å²) in [7, 11) is 3.56. The van der Waals surface area contributed by atoms with Crippen LogP contribution in [-0.2, 0) is 13.2 Å². The molecule has 0 saturated heterocycles. The Morgan fingerprint density at radius 2 is 2.00 bits per heavy atom. The second-order valence-electron chi connectivity index (χ2n) is 4.93. The number of fused-ring (bicyclic) bond motifs is 1. The Hall–Kier alpha value is -2.53. The SMILES string of the molecule is CNCc1nc(COc2cccc(OC)c2)n2ccccc12. The zero-order valence-electron chi connectivity index (χ0n) is 12.7. The van der Waals surface area contributed by atoms with E-state index in [1.54, 1.807) is 7.11 Å².